The molecule has 1 rings (SSSR count). The maximum atomic E-state index is 13.1. The lowest BCUT2D eigenvalue weighted by Gasteiger charge is -2.05. The first-order valence-corrected chi connectivity index (χ1v) is 6.46. The number of non-ortho nitro benzene ring substituents is 1. The van der Waals surface area contributed by atoms with Gasteiger partial charge in [0.05, 0.1) is 16.7 Å². The molecular weight excluding hydrogens is 307 g/mol. The molecule has 0 radical (unpaired) electrons. The topological polar surface area (TPSA) is 72.2 Å². The van der Waals surface area contributed by atoms with Crippen molar-refractivity contribution in [3.8, 4) is 0 Å². The number of nitro benzene ring substituents is 1. The van der Waals surface area contributed by atoms with Gasteiger partial charge >= 0.3 is 0 Å². The summed E-state index contributed by atoms with van der Waals surface area (Å²) in [7, 11) is 0. The fourth-order valence-corrected chi connectivity index (χ4v) is 1.75. The molecule has 0 saturated heterocycles. The SMILES string of the molecule is O=C(CCCCBr)Nc1cc(F)cc([N+](=O)[O-])c1. The number of unbranched alkanes of at least 4 members (excludes halogenated alkanes) is 1. The van der Waals surface area contributed by atoms with Crippen molar-refractivity contribution in [3.63, 3.8) is 0 Å². The Morgan fingerprint density at radius 1 is 1.39 bits per heavy atom. The molecule has 1 aromatic rings. The number of hydrogen-bond acceptors (Lipinski definition) is 3. The Morgan fingerprint density at radius 2 is 2.11 bits per heavy atom. The van der Waals surface area contributed by atoms with Gasteiger partial charge in [0.1, 0.15) is 5.82 Å². The monoisotopic (exact) mass is 318 g/mol. The number of carbonyl (C=O) groups excluding carboxylic acids is 1. The van der Waals surface area contributed by atoms with E-state index in [1.807, 2.05) is 0 Å². The summed E-state index contributed by atoms with van der Waals surface area (Å²) in [5, 5.41) is 13.8. The molecule has 0 aliphatic carbocycles. The quantitative estimate of drug-likeness (QED) is 0.379. The van der Waals surface area contributed by atoms with Gasteiger partial charge in [-0.2, -0.15) is 0 Å². The minimum Gasteiger partial charge on any atom is -0.326 e. The van der Waals surface area contributed by atoms with Gasteiger partial charge in [-0.05, 0) is 18.9 Å². The van der Waals surface area contributed by atoms with Gasteiger partial charge in [0, 0.05) is 17.8 Å². The zero-order valence-corrected chi connectivity index (χ0v) is 11.1. The minimum absolute atomic E-state index is 0.102. The second-order valence-corrected chi connectivity index (χ2v) is 4.44. The molecule has 0 heterocycles. The van der Waals surface area contributed by atoms with Crippen LogP contribution in [0.4, 0.5) is 15.8 Å². The second-order valence-electron chi connectivity index (χ2n) is 3.65. The van der Waals surface area contributed by atoms with Crippen molar-refractivity contribution in [2.24, 2.45) is 0 Å². The average Bonchev–Trinajstić information content (AvgIpc) is 2.28. The standard InChI is InChI=1S/C11H12BrFN2O3/c12-4-2-1-3-11(16)14-9-5-8(13)6-10(7-9)15(17)18/h5-7H,1-4H2,(H,14,16). The van der Waals surface area contributed by atoms with Crippen LogP contribution in [0.1, 0.15) is 19.3 Å². The molecular formula is C11H12BrFN2O3. The summed E-state index contributed by atoms with van der Waals surface area (Å²) in [6.07, 6.45) is 1.86. The Labute approximate surface area is 112 Å². The van der Waals surface area contributed by atoms with E-state index in [2.05, 4.69) is 21.2 Å². The average molecular weight is 319 g/mol. The van der Waals surface area contributed by atoms with Crippen molar-refractivity contribution in [3.05, 3.63) is 34.1 Å². The normalized spacial score (nSPS) is 10.1. The number of halogens is 2. The Kier molecular flexibility index (Phi) is 5.70. The third-order valence-corrected chi connectivity index (χ3v) is 2.73. The Bertz CT molecular complexity index is 454. The van der Waals surface area contributed by atoms with Gasteiger partial charge in [0.15, 0.2) is 0 Å². The number of nitro groups is 1. The van der Waals surface area contributed by atoms with Crippen molar-refractivity contribution >= 4 is 33.2 Å². The molecule has 0 saturated carbocycles. The zero-order valence-electron chi connectivity index (χ0n) is 9.49. The van der Waals surface area contributed by atoms with E-state index in [1.165, 1.54) is 0 Å². The third kappa shape index (κ3) is 4.79. The lowest BCUT2D eigenvalue weighted by atomic mass is 10.2. The summed E-state index contributed by atoms with van der Waals surface area (Å²) in [6.45, 7) is 0. The molecule has 5 nitrogen and oxygen atoms in total. The number of rotatable bonds is 6. The van der Waals surface area contributed by atoms with E-state index in [0.717, 1.165) is 30.0 Å². The number of amides is 1. The van der Waals surface area contributed by atoms with Gasteiger partial charge in [0.25, 0.3) is 5.69 Å². The number of alkyl halides is 1. The molecule has 1 aromatic carbocycles. The molecule has 0 fully saturated rings. The highest BCUT2D eigenvalue weighted by Gasteiger charge is 2.11. The van der Waals surface area contributed by atoms with Crippen LogP contribution in [0.5, 0.6) is 0 Å². The molecule has 0 bridgehead atoms. The molecule has 1 N–H and O–H groups in total. The maximum absolute atomic E-state index is 13.1. The highest BCUT2D eigenvalue weighted by molar-refractivity contribution is 9.09. The fraction of sp³-hybridized carbons (Fsp3) is 0.364. The highest BCUT2D eigenvalue weighted by Crippen LogP contribution is 2.20. The lowest BCUT2D eigenvalue weighted by molar-refractivity contribution is -0.385. The maximum Gasteiger partial charge on any atom is 0.274 e. The second kappa shape index (κ2) is 7.05. The van der Waals surface area contributed by atoms with Gasteiger partial charge < -0.3 is 5.32 Å². The van der Waals surface area contributed by atoms with Crippen molar-refractivity contribution < 1.29 is 14.1 Å². The molecule has 1 amide bonds. The Morgan fingerprint density at radius 3 is 2.72 bits per heavy atom. The van der Waals surface area contributed by atoms with Gasteiger partial charge in [-0.15, -0.1) is 0 Å². The molecule has 0 unspecified atom stereocenters. The van der Waals surface area contributed by atoms with Crippen LogP contribution in [0.2, 0.25) is 0 Å². The van der Waals surface area contributed by atoms with E-state index in [1.54, 1.807) is 0 Å². The first kappa shape index (κ1) is 14.6. The van der Waals surface area contributed by atoms with E-state index in [0.29, 0.717) is 12.8 Å². The predicted molar refractivity (Wildman–Crippen MR) is 69.3 cm³/mol. The van der Waals surface area contributed by atoms with E-state index in [9.17, 15) is 19.3 Å². The third-order valence-electron chi connectivity index (χ3n) is 2.16. The van der Waals surface area contributed by atoms with Gasteiger partial charge in [-0.1, -0.05) is 15.9 Å². The molecule has 0 atom stereocenters. The van der Waals surface area contributed by atoms with Crippen molar-refractivity contribution in [1.82, 2.24) is 0 Å². The molecule has 18 heavy (non-hydrogen) atoms. The van der Waals surface area contributed by atoms with E-state index >= 15 is 0 Å². The van der Waals surface area contributed by atoms with Crippen molar-refractivity contribution in [1.29, 1.82) is 0 Å². The first-order valence-electron chi connectivity index (χ1n) is 5.33. The van der Waals surface area contributed by atoms with Gasteiger partial charge in [0.2, 0.25) is 5.91 Å². The molecule has 0 aromatic heterocycles. The zero-order chi connectivity index (χ0) is 13.5. The smallest absolute Gasteiger partial charge is 0.274 e. The van der Waals surface area contributed by atoms with Crippen LogP contribution in [0.25, 0.3) is 0 Å². The van der Waals surface area contributed by atoms with Crippen LogP contribution >= 0.6 is 15.9 Å². The number of hydrogen-bond donors (Lipinski definition) is 1. The van der Waals surface area contributed by atoms with Crippen molar-refractivity contribution in [2.75, 3.05) is 10.6 Å². The molecule has 0 spiro atoms. The summed E-state index contributed by atoms with van der Waals surface area (Å²) >= 11 is 3.25. The first-order chi connectivity index (χ1) is 8.52. The minimum atomic E-state index is -0.750. The molecule has 98 valence electrons. The molecule has 7 heteroatoms. The highest BCUT2D eigenvalue weighted by atomic mass is 79.9. The largest absolute Gasteiger partial charge is 0.326 e. The summed E-state index contributed by atoms with van der Waals surface area (Å²) in [6, 6.07) is 2.99. The number of benzene rings is 1. The van der Waals surface area contributed by atoms with E-state index in [4.69, 9.17) is 0 Å². The predicted octanol–water partition coefficient (Wildman–Crippen LogP) is 3.24. The number of carbonyl (C=O) groups is 1. The van der Waals surface area contributed by atoms with E-state index < -0.39 is 10.7 Å². The van der Waals surface area contributed by atoms with Gasteiger partial charge in [-0.25, -0.2) is 4.39 Å². The number of anilines is 1. The summed E-state index contributed by atoms with van der Waals surface area (Å²) in [5.74, 6) is -1.03. The molecule has 0 aliphatic rings. The number of nitrogens with zero attached hydrogens (tertiary/aromatic N) is 1. The summed E-state index contributed by atoms with van der Waals surface area (Å²) in [5.41, 5.74) is -0.281. The van der Waals surface area contributed by atoms with Gasteiger partial charge in [-0.3, -0.25) is 14.9 Å². The van der Waals surface area contributed by atoms with Crippen LogP contribution in [0, 0.1) is 15.9 Å². The Hall–Kier alpha value is -1.50. The van der Waals surface area contributed by atoms with Crippen LogP contribution in [-0.2, 0) is 4.79 Å². The summed E-state index contributed by atoms with van der Waals surface area (Å²) in [4.78, 5) is 21.3. The van der Waals surface area contributed by atoms with Crippen LogP contribution in [0.3, 0.4) is 0 Å². The molecule has 0 aliphatic heterocycles. The fourth-order valence-electron chi connectivity index (χ4n) is 1.36. The van der Waals surface area contributed by atoms with Crippen molar-refractivity contribution in [2.45, 2.75) is 19.3 Å². The summed E-state index contributed by atoms with van der Waals surface area (Å²) < 4.78 is 13.1. The van der Waals surface area contributed by atoms with Crippen LogP contribution in [-0.4, -0.2) is 16.2 Å². The van der Waals surface area contributed by atoms with Crippen LogP contribution in [0.15, 0.2) is 18.2 Å². The van der Waals surface area contributed by atoms with Crippen LogP contribution < -0.4 is 5.32 Å². The van der Waals surface area contributed by atoms with E-state index in [-0.39, 0.29) is 17.3 Å². The number of nitrogens with one attached hydrogen (secondary N) is 1. The Balaban J connectivity index is 2.66. The lowest BCUT2D eigenvalue weighted by Crippen LogP contribution is -2.11.